The van der Waals surface area contributed by atoms with Crippen LogP contribution in [0.15, 0.2) is 42.5 Å². The Hall–Kier alpha value is -2.61. The summed E-state index contributed by atoms with van der Waals surface area (Å²) in [4.78, 5) is 14.4. The average Bonchev–Trinajstić information content (AvgIpc) is 2.65. The maximum Gasteiger partial charge on any atom is 0.309 e. The number of carbonyl (C=O) groups excluding carboxylic acids is 1. The predicted octanol–water partition coefficient (Wildman–Crippen LogP) is 3.61. The second-order valence-electron chi connectivity index (χ2n) is 6.45. The Morgan fingerprint density at radius 3 is 2.43 bits per heavy atom. The van der Waals surface area contributed by atoms with Crippen LogP contribution in [0, 0.1) is 5.82 Å². The highest BCUT2D eigenvalue weighted by atomic mass is 32.2. The van der Waals surface area contributed by atoms with Crippen LogP contribution in [0.1, 0.15) is 36.7 Å². The summed E-state index contributed by atoms with van der Waals surface area (Å²) in [5.74, 6) is -0.665. The Morgan fingerprint density at radius 1 is 1.14 bits per heavy atom. The highest BCUT2D eigenvalue weighted by molar-refractivity contribution is 7.87. The molecule has 8 heteroatoms. The first-order valence-electron chi connectivity index (χ1n) is 8.82. The average molecular weight is 409 g/mol. The van der Waals surface area contributed by atoms with E-state index in [1.807, 2.05) is 13.8 Å². The van der Waals surface area contributed by atoms with Crippen LogP contribution in [0.4, 0.5) is 4.39 Å². The number of amides is 1. The fraction of sp³-hybridized carbons (Fsp3) is 0.350. The van der Waals surface area contributed by atoms with Gasteiger partial charge in [-0.3, -0.25) is 4.79 Å². The van der Waals surface area contributed by atoms with Gasteiger partial charge in [-0.25, -0.2) is 4.39 Å². The molecule has 0 N–H and O–H groups in total. The van der Waals surface area contributed by atoms with Crippen LogP contribution in [0.2, 0.25) is 0 Å². The van der Waals surface area contributed by atoms with E-state index in [4.69, 9.17) is 8.92 Å². The van der Waals surface area contributed by atoms with Crippen molar-refractivity contribution in [3.8, 4) is 11.5 Å². The molecule has 1 amide bonds. The van der Waals surface area contributed by atoms with E-state index >= 15 is 0 Å². The second kappa shape index (κ2) is 9.05. The summed E-state index contributed by atoms with van der Waals surface area (Å²) in [6, 6.07) is 10.2. The van der Waals surface area contributed by atoms with Gasteiger partial charge in [-0.1, -0.05) is 12.1 Å². The SMILES string of the molecule is CCS(=O)(=O)Oc1cc(CN(C(=O)c2cccc(F)c2)C(C)C)ccc1OC. The van der Waals surface area contributed by atoms with Crippen molar-refractivity contribution >= 4 is 16.0 Å². The molecular formula is C20H24FNO5S. The van der Waals surface area contributed by atoms with Gasteiger partial charge in [-0.15, -0.1) is 0 Å². The molecule has 6 nitrogen and oxygen atoms in total. The number of carbonyl (C=O) groups is 1. The molecule has 0 saturated heterocycles. The monoisotopic (exact) mass is 409 g/mol. The van der Waals surface area contributed by atoms with E-state index in [-0.39, 0.29) is 41.3 Å². The number of hydrogen-bond donors (Lipinski definition) is 0. The van der Waals surface area contributed by atoms with Crippen LogP contribution >= 0.6 is 0 Å². The molecule has 0 aliphatic heterocycles. The van der Waals surface area contributed by atoms with Crippen molar-refractivity contribution in [3.05, 3.63) is 59.4 Å². The van der Waals surface area contributed by atoms with Gasteiger partial charge in [0, 0.05) is 18.2 Å². The molecule has 0 aromatic heterocycles. The lowest BCUT2D eigenvalue weighted by atomic mass is 10.1. The zero-order chi connectivity index (χ0) is 20.9. The molecule has 0 atom stereocenters. The number of nitrogens with zero attached hydrogens (tertiary/aromatic N) is 1. The number of hydrogen-bond acceptors (Lipinski definition) is 5. The first kappa shape index (κ1) is 21.7. The largest absolute Gasteiger partial charge is 0.493 e. The van der Waals surface area contributed by atoms with E-state index in [2.05, 4.69) is 0 Å². The van der Waals surface area contributed by atoms with Crippen molar-refractivity contribution in [2.45, 2.75) is 33.4 Å². The normalized spacial score (nSPS) is 11.4. The molecule has 2 aromatic rings. The zero-order valence-corrected chi connectivity index (χ0v) is 17.1. The van der Waals surface area contributed by atoms with E-state index < -0.39 is 15.9 Å². The van der Waals surface area contributed by atoms with E-state index in [1.165, 1.54) is 38.3 Å². The molecule has 0 bridgehead atoms. The van der Waals surface area contributed by atoms with E-state index in [9.17, 15) is 17.6 Å². The van der Waals surface area contributed by atoms with Crippen LogP contribution in [-0.4, -0.2) is 38.1 Å². The van der Waals surface area contributed by atoms with Gasteiger partial charge in [0.2, 0.25) is 0 Å². The summed E-state index contributed by atoms with van der Waals surface area (Å²) in [5, 5.41) is 0. The molecule has 0 aliphatic carbocycles. The molecule has 0 unspecified atom stereocenters. The van der Waals surface area contributed by atoms with Crippen LogP contribution in [0.5, 0.6) is 11.5 Å². The lowest BCUT2D eigenvalue weighted by molar-refractivity contribution is 0.0689. The van der Waals surface area contributed by atoms with Crippen LogP contribution in [-0.2, 0) is 16.7 Å². The summed E-state index contributed by atoms with van der Waals surface area (Å²) >= 11 is 0. The van der Waals surface area contributed by atoms with Crippen molar-refractivity contribution in [2.75, 3.05) is 12.9 Å². The fourth-order valence-electron chi connectivity index (χ4n) is 2.55. The van der Waals surface area contributed by atoms with Gasteiger partial charge in [0.15, 0.2) is 11.5 Å². The smallest absolute Gasteiger partial charge is 0.309 e. The van der Waals surface area contributed by atoms with Crippen LogP contribution < -0.4 is 8.92 Å². The lowest BCUT2D eigenvalue weighted by Gasteiger charge is -2.27. The molecule has 0 radical (unpaired) electrons. The summed E-state index contributed by atoms with van der Waals surface area (Å²) in [6.45, 7) is 5.36. The summed E-state index contributed by atoms with van der Waals surface area (Å²) < 4.78 is 47.4. The number of halogens is 1. The third-order valence-corrected chi connectivity index (χ3v) is 5.25. The minimum atomic E-state index is -3.73. The third-order valence-electron chi connectivity index (χ3n) is 4.11. The van der Waals surface area contributed by atoms with Crippen LogP contribution in [0.25, 0.3) is 0 Å². The van der Waals surface area contributed by atoms with Crippen LogP contribution in [0.3, 0.4) is 0 Å². The fourth-order valence-corrected chi connectivity index (χ4v) is 3.07. The lowest BCUT2D eigenvalue weighted by Crippen LogP contribution is -2.36. The Labute approximate surface area is 165 Å². The molecule has 0 heterocycles. The van der Waals surface area contributed by atoms with E-state index in [0.717, 1.165) is 0 Å². The van der Waals surface area contributed by atoms with Crippen molar-refractivity contribution < 1.29 is 26.5 Å². The molecule has 2 aromatic carbocycles. The zero-order valence-electron chi connectivity index (χ0n) is 16.3. The maximum absolute atomic E-state index is 13.5. The van der Waals surface area contributed by atoms with Gasteiger partial charge < -0.3 is 13.8 Å². The predicted molar refractivity (Wildman–Crippen MR) is 104 cm³/mol. The molecule has 28 heavy (non-hydrogen) atoms. The minimum absolute atomic E-state index is 0.0590. The van der Waals surface area contributed by atoms with Gasteiger partial charge >= 0.3 is 10.1 Å². The van der Waals surface area contributed by atoms with E-state index in [0.29, 0.717) is 5.56 Å². The van der Waals surface area contributed by atoms with Crippen molar-refractivity contribution in [1.82, 2.24) is 4.90 Å². The number of rotatable bonds is 8. The van der Waals surface area contributed by atoms with Gasteiger partial charge in [0.25, 0.3) is 5.91 Å². The summed E-state index contributed by atoms with van der Waals surface area (Å²) in [7, 11) is -2.32. The number of methoxy groups -OCH3 is 1. The Balaban J connectivity index is 2.33. The highest BCUT2D eigenvalue weighted by Gasteiger charge is 2.21. The van der Waals surface area contributed by atoms with Gasteiger partial charge in [-0.05, 0) is 56.7 Å². The minimum Gasteiger partial charge on any atom is -0.493 e. The molecule has 0 saturated carbocycles. The van der Waals surface area contributed by atoms with Gasteiger partial charge in [0.05, 0.1) is 12.9 Å². The topological polar surface area (TPSA) is 72.9 Å². The summed E-state index contributed by atoms with van der Waals surface area (Å²) in [5.41, 5.74) is 0.896. The van der Waals surface area contributed by atoms with Gasteiger partial charge in [0.1, 0.15) is 5.82 Å². The molecule has 0 spiro atoms. The number of benzene rings is 2. The van der Waals surface area contributed by atoms with Gasteiger partial charge in [-0.2, -0.15) is 8.42 Å². The molecular weight excluding hydrogens is 385 g/mol. The standard InChI is InChI=1S/C20H24FNO5S/c1-5-28(24,25)27-19-11-15(9-10-18(19)26-4)13-22(14(2)3)20(23)16-7-6-8-17(21)12-16/h6-12,14H,5,13H2,1-4H3. The van der Waals surface area contributed by atoms with Crippen molar-refractivity contribution in [3.63, 3.8) is 0 Å². The number of ether oxygens (including phenoxy) is 1. The van der Waals surface area contributed by atoms with Crippen molar-refractivity contribution in [2.24, 2.45) is 0 Å². The quantitative estimate of drug-likeness (QED) is 0.623. The van der Waals surface area contributed by atoms with E-state index in [1.54, 1.807) is 23.1 Å². The Kier molecular flexibility index (Phi) is 7.01. The first-order chi connectivity index (χ1) is 13.2. The molecule has 0 fully saturated rings. The van der Waals surface area contributed by atoms with Crippen molar-refractivity contribution in [1.29, 1.82) is 0 Å². The third kappa shape index (κ3) is 5.45. The first-order valence-corrected chi connectivity index (χ1v) is 10.4. The maximum atomic E-state index is 13.5. The molecule has 152 valence electrons. The highest BCUT2D eigenvalue weighted by Crippen LogP contribution is 2.30. The second-order valence-corrected chi connectivity index (χ2v) is 8.31. The Morgan fingerprint density at radius 2 is 1.86 bits per heavy atom. The summed E-state index contributed by atoms with van der Waals surface area (Å²) in [6.07, 6.45) is 0. The Bertz CT molecular complexity index is 943. The molecule has 2 rings (SSSR count). The molecule has 0 aliphatic rings.